The van der Waals surface area contributed by atoms with E-state index in [1.165, 1.54) is 12.8 Å². The van der Waals surface area contributed by atoms with E-state index in [2.05, 4.69) is 28.7 Å². The summed E-state index contributed by atoms with van der Waals surface area (Å²) in [5.74, 6) is 1.76. The van der Waals surface area contributed by atoms with Crippen LogP contribution in [-0.2, 0) is 11.3 Å². The zero-order chi connectivity index (χ0) is 13.2. The predicted molar refractivity (Wildman–Crippen MR) is 75.9 cm³/mol. The largest absolute Gasteiger partial charge is 0.382 e. The molecule has 1 heterocycles. The van der Waals surface area contributed by atoms with E-state index < -0.39 is 0 Å². The lowest BCUT2D eigenvalue weighted by Crippen LogP contribution is -2.10. The number of hydrogen-bond acceptors (Lipinski definition) is 3. The molecule has 18 heavy (non-hydrogen) atoms. The van der Waals surface area contributed by atoms with Crippen LogP contribution in [0.25, 0.3) is 0 Å². The smallest absolute Gasteiger partial charge is 0.202 e. The fourth-order valence-corrected chi connectivity index (χ4v) is 1.85. The predicted octanol–water partition coefficient (Wildman–Crippen LogP) is 3.16. The number of anilines is 1. The lowest BCUT2D eigenvalue weighted by atomic mass is 10.1. The van der Waals surface area contributed by atoms with Gasteiger partial charge < -0.3 is 14.6 Å². The SMILES string of the molecule is CCOCCCn1ccnc1NCCCC(C)C. The molecule has 1 rings (SSSR count). The van der Waals surface area contributed by atoms with Gasteiger partial charge in [-0.05, 0) is 32.1 Å². The Bertz CT molecular complexity index is 310. The minimum absolute atomic E-state index is 0.776. The molecule has 0 unspecified atom stereocenters. The van der Waals surface area contributed by atoms with Crippen molar-refractivity contribution in [1.82, 2.24) is 9.55 Å². The van der Waals surface area contributed by atoms with Crippen LogP contribution in [0.1, 0.15) is 40.0 Å². The molecule has 0 aliphatic heterocycles. The van der Waals surface area contributed by atoms with Gasteiger partial charge in [0.15, 0.2) is 0 Å². The standard InChI is InChI=1S/C14H27N3O/c1-4-18-12-6-10-17-11-9-16-14(17)15-8-5-7-13(2)3/h9,11,13H,4-8,10,12H2,1-3H3,(H,15,16). The maximum absolute atomic E-state index is 5.34. The molecule has 0 saturated heterocycles. The van der Waals surface area contributed by atoms with Gasteiger partial charge in [0.25, 0.3) is 0 Å². The molecule has 1 aromatic heterocycles. The molecule has 0 atom stereocenters. The summed E-state index contributed by atoms with van der Waals surface area (Å²) in [4.78, 5) is 4.34. The van der Waals surface area contributed by atoms with Gasteiger partial charge in [0.2, 0.25) is 5.95 Å². The molecule has 4 heteroatoms. The molecule has 0 saturated carbocycles. The van der Waals surface area contributed by atoms with Crippen LogP contribution in [-0.4, -0.2) is 29.3 Å². The average Bonchev–Trinajstić information content (AvgIpc) is 2.78. The van der Waals surface area contributed by atoms with Crippen LogP contribution in [0.4, 0.5) is 5.95 Å². The minimum Gasteiger partial charge on any atom is -0.382 e. The number of nitrogens with one attached hydrogen (secondary N) is 1. The van der Waals surface area contributed by atoms with Gasteiger partial charge in [-0.25, -0.2) is 4.98 Å². The van der Waals surface area contributed by atoms with E-state index in [1.807, 2.05) is 19.3 Å². The van der Waals surface area contributed by atoms with Crippen LogP contribution in [0.15, 0.2) is 12.4 Å². The number of rotatable bonds is 10. The number of ether oxygens (including phenoxy) is 1. The molecule has 0 aromatic carbocycles. The first-order chi connectivity index (χ1) is 8.74. The first kappa shape index (κ1) is 15.0. The summed E-state index contributed by atoms with van der Waals surface area (Å²) in [6, 6.07) is 0. The van der Waals surface area contributed by atoms with Gasteiger partial charge in [-0.1, -0.05) is 13.8 Å². The third kappa shape index (κ3) is 6.05. The Hall–Kier alpha value is -1.03. The second-order valence-corrected chi connectivity index (χ2v) is 4.96. The van der Waals surface area contributed by atoms with Crippen molar-refractivity contribution in [3.05, 3.63) is 12.4 Å². The van der Waals surface area contributed by atoms with Crippen molar-refractivity contribution in [2.75, 3.05) is 25.1 Å². The fourth-order valence-electron chi connectivity index (χ4n) is 1.85. The highest BCUT2D eigenvalue weighted by Gasteiger charge is 2.01. The molecule has 0 radical (unpaired) electrons. The fraction of sp³-hybridized carbons (Fsp3) is 0.786. The van der Waals surface area contributed by atoms with Crippen LogP contribution >= 0.6 is 0 Å². The molecular formula is C14H27N3O. The van der Waals surface area contributed by atoms with E-state index in [4.69, 9.17) is 4.74 Å². The summed E-state index contributed by atoms with van der Waals surface area (Å²) in [5.41, 5.74) is 0. The van der Waals surface area contributed by atoms with Crippen LogP contribution in [0.5, 0.6) is 0 Å². The van der Waals surface area contributed by atoms with E-state index in [1.54, 1.807) is 0 Å². The Morgan fingerprint density at radius 2 is 2.22 bits per heavy atom. The monoisotopic (exact) mass is 253 g/mol. The third-order valence-electron chi connectivity index (χ3n) is 2.85. The van der Waals surface area contributed by atoms with Crippen LogP contribution < -0.4 is 5.32 Å². The molecule has 1 aromatic rings. The lowest BCUT2D eigenvalue weighted by Gasteiger charge is -2.10. The van der Waals surface area contributed by atoms with Crippen LogP contribution in [0.2, 0.25) is 0 Å². The van der Waals surface area contributed by atoms with Gasteiger partial charge >= 0.3 is 0 Å². The Kier molecular flexibility index (Phi) is 7.49. The van der Waals surface area contributed by atoms with Gasteiger partial charge in [0.05, 0.1) is 0 Å². The zero-order valence-electron chi connectivity index (χ0n) is 12.0. The molecule has 0 aliphatic carbocycles. The third-order valence-corrected chi connectivity index (χ3v) is 2.85. The normalized spacial score (nSPS) is 11.1. The van der Waals surface area contributed by atoms with Gasteiger partial charge in [0, 0.05) is 38.7 Å². The number of aromatic nitrogens is 2. The summed E-state index contributed by atoms with van der Waals surface area (Å²) in [7, 11) is 0. The number of imidazole rings is 1. The summed E-state index contributed by atoms with van der Waals surface area (Å²) in [6.45, 7) is 10.1. The molecular weight excluding hydrogens is 226 g/mol. The highest BCUT2D eigenvalue weighted by atomic mass is 16.5. The summed E-state index contributed by atoms with van der Waals surface area (Å²) < 4.78 is 7.50. The minimum atomic E-state index is 0.776. The van der Waals surface area contributed by atoms with E-state index in [0.717, 1.165) is 44.6 Å². The first-order valence-electron chi connectivity index (χ1n) is 7.06. The molecule has 0 fully saturated rings. The maximum Gasteiger partial charge on any atom is 0.202 e. The number of nitrogens with zero attached hydrogens (tertiary/aromatic N) is 2. The van der Waals surface area contributed by atoms with E-state index in [0.29, 0.717) is 0 Å². The van der Waals surface area contributed by atoms with E-state index in [9.17, 15) is 0 Å². The molecule has 4 nitrogen and oxygen atoms in total. The van der Waals surface area contributed by atoms with Crippen molar-refractivity contribution in [2.45, 2.75) is 46.6 Å². The average molecular weight is 253 g/mol. The van der Waals surface area contributed by atoms with Gasteiger partial charge in [-0.15, -0.1) is 0 Å². The quantitative estimate of drug-likeness (QED) is 0.651. The topological polar surface area (TPSA) is 39.1 Å². The van der Waals surface area contributed by atoms with Crippen molar-refractivity contribution in [3.8, 4) is 0 Å². The van der Waals surface area contributed by atoms with Gasteiger partial charge in [-0.3, -0.25) is 0 Å². The molecule has 0 amide bonds. The number of aryl methyl sites for hydroxylation is 1. The first-order valence-corrected chi connectivity index (χ1v) is 7.06. The highest BCUT2D eigenvalue weighted by molar-refractivity contribution is 5.25. The second-order valence-electron chi connectivity index (χ2n) is 4.96. The van der Waals surface area contributed by atoms with Crippen molar-refractivity contribution >= 4 is 5.95 Å². The van der Waals surface area contributed by atoms with Crippen molar-refractivity contribution < 1.29 is 4.74 Å². The van der Waals surface area contributed by atoms with E-state index in [-0.39, 0.29) is 0 Å². The van der Waals surface area contributed by atoms with Gasteiger partial charge in [-0.2, -0.15) is 0 Å². The second kappa shape index (κ2) is 8.97. The summed E-state index contributed by atoms with van der Waals surface area (Å²) in [5, 5.41) is 3.40. The Labute approximate surface area is 111 Å². The maximum atomic E-state index is 5.34. The van der Waals surface area contributed by atoms with E-state index >= 15 is 0 Å². The van der Waals surface area contributed by atoms with Crippen LogP contribution in [0, 0.1) is 5.92 Å². The zero-order valence-corrected chi connectivity index (χ0v) is 12.0. The Morgan fingerprint density at radius 1 is 1.39 bits per heavy atom. The molecule has 1 N–H and O–H groups in total. The van der Waals surface area contributed by atoms with Crippen molar-refractivity contribution in [3.63, 3.8) is 0 Å². The van der Waals surface area contributed by atoms with Crippen molar-refractivity contribution in [2.24, 2.45) is 5.92 Å². The number of hydrogen-bond donors (Lipinski definition) is 1. The summed E-state index contributed by atoms with van der Waals surface area (Å²) in [6.07, 6.45) is 7.37. The molecule has 0 spiro atoms. The lowest BCUT2D eigenvalue weighted by molar-refractivity contribution is 0.142. The van der Waals surface area contributed by atoms with Crippen LogP contribution in [0.3, 0.4) is 0 Å². The molecule has 0 aliphatic rings. The Morgan fingerprint density at radius 3 is 2.94 bits per heavy atom. The molecule has 0 bridgehead atoms. The summed E-state index contributed by atoms with van der Waals surface area (Å²) >= 11 is 0. The van der Waals surface area contributed by atoms with Gasteiger partial charge in [0.1, 0.15) is 0 Å². The van der Waals surface area contributed by atoms with Crippen molar-refractivity contribution in [1.29, 1.82) is 0 Å². The Balaban J connectivity index is 2.22. The molecule has 104 valence electrons. The highest BCUT2D eigenvalue weighted by Crippen LogP contribution is 2.08.